The molecule has 0 amide bonds. The molecule has 0 radical (unpaired) electrons. The Morgan fingerprint density at radius 3 is 2.78 bits per heavy atom. The van der Waals surface area contributed by atoms with Crippen LogP contribution in [0.4, 0.5) is 5.82 Å². The van der Waals surface area contributed by atoms with Gasteiger partial charge in [-0.2, -0.15) is 0 Å². The zero-order valence-corrected chi connectivity index (χ0v) is 11.0. The number of ether oxygens (including phenoxy) is 1. The molecule has 0 saturated heterocycles. The number of nitrogens with two attached hydrogens (primary N) is 1. The molecule has 0 spiro atoms. The second-order valence-corrected chi connectivity index (χ2v) is 4.84. The van der Waals surface area contributed by atoms with E-state index in [-0.39, 0.29) is 5.54 Å². The van der Waals surface area contributed by atoms with E-state index in [1.54, 1.807) is 0 Å². The van der Waals surface area contributed by atoms with E-state index in [4.69, 9.17) is 10.5 Å². The minimum Gasteiger partial charge on any atom is -0.478 e. The van der Waals surface area contributed by atoms with Crippen molar-refractivity contribution in [1.29, 1.82) is 0 Å². The van der Waals surface area contributed by atoms with Gasteiger partial charge in [-0.25, -0.2) is 9.97 Å². The lowest BCUT2D eigenvalue weighted by Crippen LogP contribution is -2.47. The van der Waals surface area contributed by atoms with Crippen LogP contribution in [-0.4, -0.2) is 28.7 Å². The summed E-state index contributed by atoms with van der Waals surface area (Å²) in [6.45, 7) is 3.19. The lowest BCUT2D eigenvalue weighted by atomic mass is 9.82. The van der Waals surface area contributed by atoms with Crippen LogP contribution in [0.5, 0.6) is 5.88 Å². The molecule has 1 fully saturated rings. The van der Waals surface area contributed by atoms with Gasteiger partial charge in [0.05, 0.1) is 12.1 Å². The average molecular weight is 250 g/mol. The summed E-state index contributed by atoms with van der Waals surface area (Å²) in [5.74, 6) is 1.42. The van der Waals surface area contributed by atoms with Crippen molar-refractivity contribution >= 4 is 5.82 Å². The molecular weight excluding hydrogens is 228 g/mol. The highest BCUT2D eigenvalue weighted by molar-refractivity contribution is 5.40. The molecule has 1 aliphatic carbocycles. The van der Waals surface area contributed by atoms with Crippen molar-refractivity contribution in [2.75, 3.05) is 18.5 Å². The summed E-state index contributed by atoms with van der Waals surface area (Å²) in [6, 6.07) is 1.84. The first kappa shape index (κ1) is 13.1. The maximum Gasteiger partial charge on any atom is 0.218 e. The molecule has 2 rings (SSSR count). The van der Waals surface area contributed by atoms with Crippen molar-refractivity contribution in [2.45, 2.75) is 44.6 Å². The van der Waals surface area contributed by atoms with Gasteiger partial charge in [0, 0.05) is 12.6 Å². The molecule has 1 saturated carbocycles. The van der Waals surface area contributed by atoms with Gasteiger partial charge in [0.2, 0.25) is 5.88 Å². The number of nitrogens with one attached hydrogen (secondary N) is 1. The van der Waals surface area contributed by atoms with Crippen LogP contribution in [0, 0.1) is 0 Å². The molecule has 1 heterocycles. The van der Waals surface area contributed by atoms with Crippen LogP contribution in [0.3, 0.4) is 0 Å². The summed E-state index contributed by atoms with van der Waals surface area (Å²) in [5, 5.41) is 3.49. The average Bonchev–Trinajstić information content (AvgIpc) is 2.41. The quantitative estimate of drug-likeness (QED) is 0.835. The highest BCUT2D eigenvalue weighted by atomic mass is 16.5. The zero-order valence-electron chi connectivity index (χ0n) is 11.0. The van der Waals surface area contributed by atoms with Crippen LogP contribution in [0.2, 0.25) is 0 Å². The van der Waals surface area contributed by atoms with E-state index < -0.39 is 0 Å². The van der Waals surface area contributed by atoms with E-state index in [2.05, 4.69) is 15.3 Å². The lowest BCUT2D eigenvalue weighted by molar-refractivity contribution is 0.322. The van der Waals surface area contributed by atoms with Crippen LogP contribution < -0.4 is 15.8 Å². The third kappa shape index (κ3) is 3.10. The van der Waals surface area contributed by atoms with Gasteiger partial charge in [-0.3, -0.25) is 0 Å². The molecule has 0 aromatic carbocycles. The Bertz CT molecular complexity index is 377. The SMILES string of the molecule is CCOc1cc(NC2(CN)CCCCC2)ncn1. The van der Waals surface area contributed by atoms with Crippen molar-refractivity contribution in [2.24, 2.45) is 5.73 Å². The Morgan fingerprint density at radius 1 is 1.33 bits per heavy atom. The summed E-state index contributed by atoms with van der Waals surface area (Å²) in [5.41, 5.74) is 5.94. The van der Waals surface area contributed by atoms with E-state index in [1.807, 2.05) is 13.0 Å². The summed E-state index contributed by atoms with van der Waals surface area (Å²) >= 11 is 0. The number of aromatic nitrogens is 2. The largest absolute Gasteiger partial charge is 0.478 e. The first-order valence-electron chi connectivity index (χ1n) is 6.71. The van der Waals surface area contributed by atoms with Crippen LogP contribution in [0.15, 0.2) is 12.4 Å². The van der Waals surface area contributed by atoms with Crippen LogP contribution in [0.1, 0.15) is 39.0 Å². The minimum atomic E-state index is -0.00388. The molecule has 5 nitrogen and oxygen atoms in total. The first-order chi connectivity index (χ1) is 8.78. The molecule has 0 aliphatic heterocycles. The van der Waals surface area contributed by atoms with Crippen LogP contribution in [0.25, 0.3) is 0 Å². The summed E-state index contributed by atoms with van der Waals surface area (Å²) in [4.78, 5) is 8.32. The van der Waals surface area contributed by atoms with Gasteiger partial charge in [0.1, 0.15) is 12.1 Å². The number of nitrogens with zero attached hydrogens (tertiary/aromatic N) is 2. The van der Waals surface area contributed by atoms with E-state index >= 15 is 0 Å². The van der Waals surface area contributed by atoms with E-state index in [1.165, 1.54) is 25.6 Å². The molecule has 100 valence electrons. The van der Waals surface area contributed by atoms with Crippen molar-refractivity contribution < 1.29 is 4.74 Å². The van der Waals surface area contributed by atoms with E-state index in [0.717, 1.165) is 18.7 Å². The van der Waals surface area contributed by atoms with Gasteiger partial charge >= 0.3 is 0 Å². The predicted molar refractivity (Wildman–Crippen MR) is 71.7 cm³/mol. The Hall–Kier alpha value is -1.36. The monoisotopic (exact) mass is 250 g/mol. The molecular formula is C13H22N4O. The number of rotatable bonds is 5. The highest BCUT2D eigenvalue weighted by Crippen LogP contribution is 2.30. The Morgan fingerprint density at radius 2 is 2.11 bits per heavy atom. The number of anilines is 1. The van der Waals surface area contributed by atoms with E-state index in [0.29, 0.717) is 19.0 Å². The predicted octanol–water partition coefficient (Wildman–Crippen LogP) is 1.95. The molecule has 5 heteroatoms. The van der Waals surface area contributed by atoms with Crippen molar-refractivity contribution in [3.05, 3.63) is 12.4 Å². The summed E-state index contributed by atoms with van der Waals surface area (Å²) in [6.07, 6.45) is 7.51. The fourth-order valence-corrected chi connectivity index (χ4v) is 2.52. The minimum absolute atomic E-state index is 0.00388. The number of hydrogen-bond donors (Lipinski definition) is 2. The van der Waals surface area contributed by atoms with Gasteiger partial charge in [-0.1, -0.05) is 19.3 Å². The van der Waals surface area contributed by atoms with Gasteiger partial charge in [-0.05, 0) is 19.8 Å². The van der Waals surface area contributed by atoms with Gasteiger partial charge in [-0.15, -0.1) is 0 Å². The second-order valence-electron chi connectivity index (χ2n) is 4.84. The van der Waals surface area contributed by atoms with Gasteiger partial charge in [0.25, 0.3) is 0 Å². The maximum absolute atomic E-state index is 5.95. The maximum atomic E-state index is 5.95. The standard InChI is InChI=1S/C13H22N4O/c1-2-18-12-8-11(15-10-16-12)17-13(9-14)6-4-3-5-7-13/h8,10H,2-7,9,14H2,1H3,(H,15,16,17). The lowest BCUT2D eigenvalue weighted by Gasteiger charge is -2.37. The fourth-order valence-electron chi connectivity index (χ4n) is 2.52. The van der Waals surface area contributed by atoms with Gasteiger partial charge < -0.3 is 15.8 Å². The Balaban J connectivity index is 2.08. The topological polar surface area (TPSA) is 73.1 Å². The molecule has 1 aromatic rings. The molecule has 0 atom stereocenters. The van der Waals surface area contributed by atoms with Crippen molar-refractivity contribution in [1.82, 2.24) is 9.97 Å². The van der Waals surface area contributed by atoms with Crippen LogP contribution in [-0.2, 0) is 0 Å². The molecule has 0 unspecified atom stereocenters. The smallest absolute Gasteiger partial charge is 0.218 e. The molecule has 1 aliphatic rings. The molecule has 18 heavy (non-hydrogen) atoms. The Kier molecular flexibility index (Phi) is 4.36. The van der Waals surface area contributed by atoms with Gasteiger partial charge in [0.15, 0.2) is 0 Å². The third-order valence-electron chi connectivity index (χ3n) is 3.53. The summed E-state index contributed by atoms with van der Waals surface area (Å²) < 4.78 is 5.38. The third-order valence-corrected chi connectivity index (χ3v) is 3.53. The summed E-state index contributed by atoms with van der Waals surface area (Å²) in [7, 11) is 0. The second kappa shape index (κ2) is 6.00. The molecule has 0 bridgehead atoms. The fraction of sp³-hybridized carbons (Fsp3) is 0.692. The van der Waals surface area contributed by atoms with Crippen LogP contribution >= 0.6 is 0 Å². The van der Waals surface area contributed by atoms with Crippen molar-refractivity contribution in [3.63, 3.8) is 0 Å². The normalized spacial score (nSPS) is 18.3. The number of hydrogen-bond acceptors (Lipinski definition) is 5. The highest BCUT2D eigenvalue weighted by Gasteiger charge is 2.30. The Labute approximate surface area is 108 Å². The van der Waals surface area contributed by atoms with Crippen molar-refractivity contribution in [3.8, 4) is 5.88 Å². The zero-order chi connectivity index (χ0) is 12.8. The van der Waals surface area contributed by atoms with E-state index in [9.17, 15) is 0 Å². The first-order valence-corrected chi connectivity index (χ1v) is 6.71. The molecule has 1 aromatic heterocycles. The molecule has 3 N–H and O–H groups in total.